The second kappa shape index (κ2) is 6.97. The van der Waals surface area contributed by atoms with Gasteiger partial charge in [-0.2, -0.15) is 4.98 Å². The van der Waals surface area contributed by atoms with Crippen molar-refractivity contribution >= 4 is 5.91 Å². The maximum absolute atomic E-state index is 12.3. The van der Waals surface area contributed by atoms with Crippen molar-refractivity contribution in [2.75, 3.05) is 26.8 Å². The summed E-state index contributed by atoms with van der Waals surface area (Å²) in [5, 5.41) is 3.89. The van der Waals surface area contributed by atoms with E-state index in [1.807, 2.05) is 4.90 Å². The molecule has 7 heteroatoms. The Morgan fingerprint density at radius 1 is 1.39 bits per heavy atom. The smallest absolute Gasteiger partial charge is 0.252 e. The molecule has 2 fully saturated rings. The fraction of sp³-hybridized carbons (Fsp3) is 0.812. The summed E-state index contributed by atoms with van der Waals surface area (Å²) >= 11 is 0. The van der Waals surface area contributed by atoms with Crippen molar-refractivity contribution in [3.8, 4) is 0 Å². The molecule has 1 amide bonds. The van der Waals surface area contributed by atoms with Crippen molar-refractivity contribution in [2.24, 2.45) is 5.41 Å². The van der Waals surface area contributed by atoms with Crippen LogP contribution < -0.4 is 0 Å². The molecule has 1 aliphatic carbocycles. The van der Waals surface area contributed by atoms with Crippen molar-refractivity contribution in [3.05, 3.63) is 11.7 Å². The van der Waals surface area contributed by atoms with Gasteiger partial charge in [0.2, 0.25) is 5.91 Å². The van der Waals surface area contributed by atoms with E-state index in [-0.39, 0.29) is 11.5 Å². The third kappa shape index (κ3) is 4.09. The number of likely N-dealkylation sites (tertiary alicyclic amines) is 1. The number of amides is 1. The van der Waals surface area contributed by atoms with Gasteiger partial charge in [0.25, 0.3) is 5.89 Å². The zero-order valence-electron chi connectivity index (χ0n) is 13.9. The van der Waals surface area contributed by atoms with Crippen molar-refractivity contribution in [1.29, 1.82) is 0 Å². The van der Waals surface area contributed by atoms with Crippen LogP contribution in [0.25, 0.3) is 0 Å². The molecule has 23 heavy (non-hydrogen) atoms. The molecule has 0 N–H and O–H groups in total. The Kier molecular flexibility index (Phi) is 4.96. The van der Waals surface area contributed by atoms with Gasteiger partial charge in [-0.15, -0.1) is 0 Å². The lowest BCUT2D eigenvalue weighted by atomic mass is 10.0. The van der Waals surface area contributed by atoms with Gasteiger partial charge in [-0.1, -0.05) is 12.1 Å². The first kappa shape index (κ1) is 16.4. The highest BCUT2D eigenvalue weighted by atomic mass is 16.5. The van der Waals surface area contributed by atoms with Crippen molar-refractivity contribution in [3.63, 3.8) is 0 Å². The van der Waals surface area contributed by atoms with Crippen LogP contribution in [0.1, 0.15) is 44.3 Å². The first-order valence-electron chi connectivity index (χ1n) is 8.32. The highest BCUT2D eigenvalue weighted by Gasteiger charge is 2.47. The van der Waals surface area contributed by atoms with E-state index in [1.54, 1.807) is 7.11 Å². The summed E-state index contributed by atoms with van der Waals surface area (Å²) in [6.45, 7) is 4.58. The lowest BCUT2D eigenvalue weighted by Gasteiger charge is -2.33. The monoisotopic (exact) mass is 323 g/mol. The molecule has 0 atom stereocenters. The van der Waals surface area contributed by atoms with Gasteiger partial charge in [0.1, 0.15) is 6.61 Å². The highest BCUT2D eigenvalue weighted by molar-refractivity contribution is 5.84. The third-order valence-corrected chi connectivity index (χ3v) is 4.70. The molecule has 1 aromatic heterocycles. The van der Waals surface area contributed by atoms with E-state index >= 15 is 0 Å². The molecule has 0 aromatic carbocycles. The molecule has 2 heterocycles. The van der Waals surface area contributed by atoms with Crippen LogP contribution in [0.2, 0.25) is 0 Å². The van der Waals surface area contributed by atoms with Gasteiger partial charge in [0, 0.05) is 32.0 Å². The van der Waals surface area contributed by atoms with E-state index in [1.165, 1.54) is 0 Å². The lowest BCUT2D eigenvalue weighted by molar-refractivity contribution is -0.139. The Bertz CT molecular complexity index is 533. The highest BCUT2D eigenvalue weighted by Crippen LogP contribution is 2.46. The average molecular weight is 323 g/mol. The molecule has 0 radical (unpaired) electrons. The number of piperidine rings is 1. The zero-order chi connectivity index (χ0) is 16.3. The number of ether oxygens (including phenoxy) is 2. The molecule has 128 valence electrons. The Morgan fingerprint density at radius 3 is 2.78 bits per heavy atom. The third-order valence-electron chi connectivity index (χ3n) is 4.70. The van der Waals surface area contributed by atoms with Gasteiger partial charge in [0.15, 0.2) is 5.82 Å². The van der Waals surface area contributed by atoms with E-state index in [2.05, 4.69) is 17.1 Å². The summed E-state index contributed by atoms with van der Waals surface area (Å²) in [6, 6.07) is 0. The fourth-order valence-corrected chi connectivity index (χ4v) is 2.90. The maximum Gasteiger partial charge on any atom is 0.252 e. The molecule has 1 saturated heterocycles. The summed E-state index contributed by atoms with van der Waals surface area (Å²) in [5.74, 6) is 1.46. The molecule has 7 nitrogen and oxygen atoms in total. The minimum atomic E-state index is -0.0633. The molecule has 1 aliphatic heterocycles. The Hall–Kier alpha value is -1.47. The second-order valence-electron chi connectivity index (χ2n) is 6.71. The molecule has 1 aromatic rings. The molecule has 2 aliphatic rings. The predicted octanol–water partition coefficient (Wildman–Crippen LogP) is 1.57. The van der Waals surface area contributed by atoms with Crippen LogP contribution in [0.15, 0.2) is 4.52 Å². The maximum atomic E-state index is 12.3. The van der Waals surface area contributed by atoms with Gasteiger partial charge < -0.3 is 18.9 Å². The Morgan fingerprint density at radius 2 is 2.13 bits per heavy atom. The van der Waals surface area contributed by atoms with Gasteiger partial charge in [-0.3, -0.25) is 4.79 Å². The summed E-state index contributed by atoms with van der Waals surface area (Å²) < 4.78 is 15.9. The van der Waals surface area contributed by atoms with E-state index in [9.17, 15) is 4.79 Å². The molecule has 1 saturated carbocycles. The van der Waals surface area contributed by atoms with Crippen molar-refractivity contribution in [2.45, 2.75) is 51.7 Å². The SMILES string of the molecule is COCc1nc(CCOC2CCN(C(=O)C3(C)CC3)CC2)no1. The Labute approximate surface area is 136 Å². The zero-order valence-corrected chi connectivity index (χ0v) is 13.9. The molecule has 3 rings (SSSR count). The number of hydrogen-bond donors (Lipinski definition) is 0. The van der Waals surface area contributed by atoms with E-state index < -0.39 is 0 Å². The second-order valence-corrected chi connectivity index (χ2v) is 6.71. The normalized spacial score (nSPS) is 20.7. The number of hydrogen-bond acceptors (Lipinski definition) is 6. The summed E-state index contributed by atoms with van der Waals surface area (Å²) in [6.07, 6.45) is 4.74. The van der Waals surface area contributed by atoms with Crippen molar-refractivity contribution < 1.29 is 18.8 Å². The number of carbonyl (C=O) groups is 1. The standard InChI is InChI=1S/C16H25N3O4/c1-16(6-7-16)15(20)19-8-3-12(4-9-19)22-10-5-13-17-14(11-21-2)23-18-13/h12H,3-11H2,1-2H3. The molecule has 0 unspecified atom stereocenters. The first-order valence-corrected chi connectivity index (χ1v) is 8.32. The van der Waals surface area contributed by atoms with Crippen LogP contribution in [-0.2, 0) is 27.3 Å². The number of aromatic nitrogens is 2. The van der Waals surface area contributed by atoms with E-state index in [4.69, 9.17) is 14.0 Å². The van der Waals surface area contributed by atoms with E-state index in [0.717, 1.165) is 38.8 Å². The van der Waals surface area contributed by atoms with Crippen LogP contribution in [0.4, 0.5) is 0 Å². The van der Waals surface area contributed by atoms with Gasteiger partial charge in [-0.05, 0) is 25.7 Å². The van der Waals surface area contributed by atoms with Crippen LogP contribution in [-0.4, -0.2) is 53.9 Å². The quantitative estimate of drug-likeness (QED) is 0.758. The van der Waals surface area contributed by atoms with Crippen LogP contribution in [0, 0.1) is 5.41 Å². The van der Waals surface area contributed by atoms with Crippen molar-refractivity contribution in [1.82, 2.24) is 15.0 Å². The average Bonchev–Trinajstić information content (AvgIpc) is 3.15. The summed E-state index contributed by atoms with van der Waals surface area (Å²) in [4.78, 5) is 18.5. The minimum absolute atomic E-state index is 0.0633. The van der Waals surface area contributed by atoms with Gasteiger partial charge in [-0.25, -0.2) is 0 Å². The molecule has 0 bridgehead atoms. The number of rotatable bonds is 7. The number of methoxy groups -OCH3 is 1. The van der Waals surface area contributed by atoms with Crippen LogP contribution >= 0.6 is 0 Å². The largest absolute Gasteiger partial charge is 0.378 e. The topological polar surface area (TPSA) is 77.7 Å². The summed E-state index contributed by atoms with van der Waals surface area (Å²) in [7, 11) is 1.59. The molecule has 0 spiro atoms. The van der Waals surface area contributed by atoms with Crippen LogP contribution in [0.3, 0.4) is 0 Å². The first-order chi connectivity index (χ1) is 11.1. The summed E-state index contributed by atoms with van der Waals surface area (Å²) in [5.41, 5.74) is -0.0633. The molecular formula is C16H25N3O4. The number of carbonyl (C=O) groups excluding carboxylic acids is 1. The lowest BCUT2D eigenvalue weighted by Crippen LogP contribution is -2.43. The Balaban J connectivity index is 1.35. The number of nitrogens with zero attached hydrogens (tertiary/aromatic N) is 3. The minimum Gasteiger partial charge on any atom is -0.378 e. The predicted molar refractivity (Wildman–Crippen MR) is 81.6 cm³/mol. The fourth-order valence-electron chi connectivity index (χ4n) is 2.90. The van der Waals surface area contributed by atoms with Gasteiger partial charge in [0.05, 0.1) is 12.7 Å². The van der Waals surface area contributed by atoms with Gasteiger partial charge >= 0.3 is 0 Å². The van der Waals surface area contributed by atoms with E-state index in [0.29, 0.717) is 37.3 Å². The van der Waals surface area contributed by atoms with Crippen LogP contribution in [0.5, 0.6) is 0 Å². The molecular weight excluding hydrogens is 298 g/mol.